The van der Waals surface area contributed by atoms with E-state index in [1.807, 2.05) is 13.8 Å². The fraction of sp³-hybridized carbons (Fsp3) is 0.385. The topological polar surface area (TPSA) is 101 Å². The third-order valence-electron chi connectivity index (χ3n) is 2.75. The molecule has 6 heteroatoms. The Morgan fingerprint density at radius 1 is 1.42 bits per heavy atom. The van der Waals surface area contributed by atoms with Crippen molar-refractivity contribution in [3.8, 4) is 5.75 Å². The van der Waals surface area contributed by atoms with Crippen LogP contribution in [0.4, 0.5) is 0 Å². The van der Waals surface area contributed by atoms with Gasteiger partial charge in [0.2, 0.25) is 0 Å². The van der Waals surface area contributed by atoms with E-state index in [1.165, 1.54) is 6.21 Å². The van der Waals surface area contributed by atoms with Gasteiger partial charge in [-0.3, -0.25) is 4.99 Å². The van der Waals surface area contributed by atoms with Crippen molar-refractivity contribution in [1.82, 2.24) is 0 Å². The smallest absolute Gasteiger partial charge is 0.328 e. The summed E-state index contributed by atoms with van der Waals surface area (Å²) in [5.74, 6) is -0.870. The van der Waals surface area contributed by atoms with Gasteiger partial charge in [0.15, 0.2) is 0 Å². The first-order chi connectivity index (χ1) is 8.06. The van der Waals surface area contributed by atoms with Crippen molar-refractivity contribution < 1.29 is 37.6 Å². The summed E-state index contributed by atoms with van der Waals surface area (Å²) < 4.78 is 0. The summed E-state index contributed by atoms with van der Waals surface area (Å²) >= 11 is 0. The first-order valence-corrected chi connectivity index (χ1v) is 5.60. The summed E-state index contributed by atoms with van der Waals surface area (Å²) in [6.07, 6.45) is 2.16. The number of benzene rings is 1. The third-order valence-corrected chi connectivity index (χ3v) is 2.75. The van der Waals surface area contributed by atoms with Crippen molar-refractivity contribution in [3.63, 3.8) is 0 Å². The van der Waals surface area contributed by atoms with Gasteiger partial charge in [0.05, 0.1) is 0 Å². The Labute approximate surface area is 123 Å². The summed E-state index contributed by atoms with van der Waals surface area (Å²) in [5, 5.41) is 18.6. The van der Waals surface area contributed by atoms with Crippen LogP contribution in [-0.2, 0) is 21.9 Å². The molecule has 1 aromatic rings. The van der Waals surface area contributed by atoms with E-state index in [0.717, 1.165) is 6.42 Å². The van der Waals surface area contributed by atoms with Crippen molar-refractivity contribution in [2.24, 2.45) is 10.9 Å². The van der Waals surface area contributed by atoms with Gasteiger partial charge in [-0.25, -0.2) is 4.79 Å². The summed E-state index contributed by atoms with van der Waals surface area (Å²) in [6.45, 7) is 3.77. The second-order valence-electron chi connectivity index (χ2n) is 4.01. The number of phenolic OH excluding ortho intramolecular Hbond substituents is 1. The summed E-state index contributed by atoms with van der Waals surface area (Å²) in [5.41, 5.74) is 0.530. The molecule has 0 saturated carbocycles. The number of nitrogens with zero attached hydrogens (tertiary/aromatic N) is 1. The predicted octanol–water partition coefficient (Wildman–Crippen LogP) is 1.48. The van der Waals surface area contributed by atoms with Gasteiger partial charge in [0.25, 0.3) is 0 Å². The maximum atomic E-state index is 11.0. The minimum Gasteiger partial charge on any atom is -0.507 e. The molecule has 0 aliphatic heterocycles. The number of carboxylic acids is 1. The minimum atomic E-state index is -0.939. The Balaban J connectivity index is 0. The van der Waals surface area contributed by atoms with Crippen molar-refractivity contribution in [3.05, 3.63) is 29.8 Å². The third kappa shape index (κ3) is 5.87. The monoisotopic (exact) mass is 316 g/mol. The predicted molar refractivity (Wildman–Crippen MR) is 70.2 cm³/mol. The molecule has 111 valence electrons. The van der Waals surface area contributed by atoms with E-state index in [4.69, 9.17) is 5.11 Å². The molecule has 19 heavy (non-hydrogen) atoms. The second-order valence-corrected chi connectivity index (χ2v) is 4.01. The van der Waals surface area contributed by atoms with Crippen LogP contribution in [0, 0.1) is 5.92 Å². The molecule has 0 aromatic heterocycles. The van der Waals surface area contributed by atoms with Crippen LogP contribution in [0.3, 0.4) is 0 Å². The number of rotatable bonds is 5. The van der Waals surface area contributed by atoms with Gasteiger partial charge in [-0.05, 0) is 18.1 Å². The molecule has 0 saturated heterocycles. The van der Waals surface area contributed by atoms with Crippen LogP contribution >= 0.6 is 0 Å². The molecular weight excluding hydrogens is 298 g/mol. The second kappa shape index (κ2) is 9.55. The van der Waals surface area contributed by atoms with E-state index >= 15 is 0 Å². The van der Waals surface area contributed by atoms with E-state index in [0.29, 0.717) is 5.56 Å². The molecule has 2 atom stereocenters. The molecule has 0 aliphatic carbocycles. The van der Waals surface area contributed by atoms with E-state index in [1.54, 1.807) is 24.3 Å². The molecule has 1 rings (SSSR count). The quantitative estimate of drug-likeness (QED) is 0.635. The van der Waals surface area contributed by atoms with Gasteiger partial charge in [0, 0.05) is 28.8 Å². The Morgan fingerprint density at radius 2 is 2.00 bits per heavy atom. The number of phenols is 1. The van der Waals surface area contributed by atoms with Crippen LogP contribution < -0.4 is 0 Å². The minimum absolute atomic E-state index is 0. The number of carbonyl (C=O) groups is 1. The van der Waals surface area contributed by atoms with Gasteiger partial charge in [-0.2, -0.15) is 0 Å². The maximum absolute atomic E-state index is 11.0. The van der Waals surface area contributed by atoms with Gasteiger partial charge in [-0.1, -0.05) is 32.4 Å². The molecule has 0 amide bonds. The molecule has 0 fully saturated rings. The largest absolute Gasteiger partial charge is 0.507 e. The number of hydrogen-bond acceptors (Lipinski definition) is 3. The van der Waals surface area contributed by atoms with Crippen LogP contribution in [0.1, 0.15) is 25.8 Å². The standard InChI is InChI=1S/C13H17NO3.Cu.H2O/c1-3-9(2)12(13(16)17)14-8-10-6-4-5-7-11(10)15;;/h4-9,12,15H,3H2,1-2H3,(H,16,17);;1H2/t9-,12-;;/m0../s1. The summed E-state index contributed by atoms with van der Waals surface area (Å²) in [6, 6.07) is 5.94. The van der Waals surface area contributed by atoms with Crippen LogP contribution in [0.25, 0.3) is 0 Å². The zero-order valence-electron chi connectivity index (χ0n) is 10.8. The van der Waals surface area contributed by atoms with Gasteiger partial charge < -0.3 is 15.7 Å². The molecule has 4 N–H and O–H groups in total. The Bertz CT molecular complexity index is 423. The number of hydrogen-bond donors (Lipinski definition) is 2. The number of para-hydroxylation sites is 1. The van der Waals surface area contributed by atoms with E-state index in [9.17, 15) is 9.90 Å². The average Bonchev–Trinajstić information content (AvgIpc) is 2.30. The van der Waals surface area contributed by atoms with Crippen molar-refractivity contribution in [1.29, 1.82) is 0 Å². The zero-order valence-corrected chi connectivity index (χ0v) is 11.7. The van der Waals surface area contributed by atoms with E-state index in [-0.39, 0.29) is 34.2 Å². The van der Waals surface area contributed by atoms with Crippen LogP contribution in [0.15, 0.2) is 29.3 Å². The fourth-order valence-electron chi connectivity index (χ4n) is 1.43. The fourth-order valence-corrected chi connectivity index (χ4v) is 1.43. The van der Waals surface area contributed by atoms with Crippen LogP contribution in [0.2, 0.25) is 0 Å². The first kappa shape index (κ1) is 20.0. The number of carboxylic acid groups (broad SMARTS) is 1. The summed E-state index contributed by atoms with van der Waals surface area (Å²) in [7, 11) is 0. The van der Waals surface area contributed by atoms with Gasteiger partial charge >= 0.3 is 5.97 Å². The Morgan fingerprint density at radius 3 is 2.47 bits per heavy atom. The first-order valence-electron chi connectivity index (χ1n) is 5.60. The summed E-state index contributed by atoms with van der Waals surface area (Å²) in [4.78, 5) is 15.1. The average molecular weight is 317 g/mol. The number of aromatic hydroxyl groups is 1. The van der Waals surface area contributed by atoms with Crippen molar-refractivity contribution >= 4 is 12.2 Å². The van der Waals surface area contributed by atoms with Crippen LogP contribution in [-0.4, -0.2) is 33.9 Å². The Kier molecular flexibility index (Phi) is 10.0. The van der Waals surface area contributed by atoms with Crippen LogP contribution in [0.5, 0.6) is 5.75 Å². The van der Waals surface area contributed by atoms with Crippen molar-refractivity contribution in [2.45, 2.75) is 26.3 Å². The molecular formula is C13H19CuNO4. The van der Waals surface area contributed by atoms with Gasteiger partial charge in [-0.15, -0.1) is 0 Å². The molecule has 5 nitrogen and oxygen atoms in total. The molecule has 0 aliphatic rings. The number of aliphatic carboxylic acids is 1. The van der Waals surface area contributed by atoms with Gasteiger partial charge in [0.1, 0.15) is 11.8 Å². The molecule has 0 unspecified atom stereocenters. The maximum Gasteiger partial charge on any atom is 0.328 e. The molecule has 1 radical (unpaired) electrons. The molecule has 0 heterocycles. The number of aliphatic imine (C=N–C) groups is 1. The van der Waals surface area contributed by atoms with E-state index in [2.05, 4.69) is 4.99 Å². The van der Waals surface area contributed by atoms with Crippen molar-refractivity contribution in [2.75, 3.05) is 0 Å². The molecule has 0 spiro atoms. The Hall–Kier alpha value is -1.36. The molecule has 1 aromatic carbocycles. The van der Waals surface area contributed by atoms with E-state index < -0.39 is 12.0 Å². The zero-order chi connectivity index (χ0) is 12.8. The molecule has 0 bridgehead atoms. The normalized spacial score (nSPS) is 13.2. The SMILES string of the molecule is CC[C@H](C)[C@H](N=Cc1ccccc1O)C(=O)O.O.[Cu].